The molecular formula is C17H17N3O4. The minimum atomic E-state index is -0.863. The summed E-state index contributed by atoms with van der Waals surface area (Å²) in [4.78, 5) is 31.5. The lowest BCUT2D eigenvalue weighted by Crippen LogP contribution is -2.40. The molecule has 0 saturated heterocycles. The smallest absolute Gasteiger partial charge is 0.308 e. The van der Waals surface area contributed by atoms with Gasteiger partial charge in [-0.1, -0.05) is 12.5 Å². The predicted molar refractivity (Wildman–Crippen MR) is 84.8 cm³/mol. The number of aliphatic carboxylic acids is 1. The largest absolute Gasteiger partial charge is 0.481 e. The number of carboxylic acid groups (broad SMARTS) is 1. The Morgan fingerprint density at radius 3 is 2.88 bits per heavy atom. The number of nitrogens with one attached hydrogen (secondary N) is 1. The number of benzene rings is 1. The van der Waals surface area contributed by atoms with Gasteiger partial charge in [-0.15, -0.1) is 0 Å². The molecule has 1 aliphatic carbocycles. The first-order valence-corrected chi connectivity index (χ1v) is 7.71. The summed E-state index contributed by atoms with van der Waals surface area (Å²) in [5, 5.41) is 12.0. The third-order valence-electron chi connectivity index (χ3n) is 4.01. The zero-order valence-corrected chi connectivity index (χ0v) is 12.9. The van der Waals surface area contributed by atoms with Crippen LogP contribution in [0.1, 0.15) is 29.6 Å². The second kappa shape index (κ2) is 7.08. The topological polar surface area (TPSA) is 101 Å². The minimum Gasteiger partial charge on any atom is -0.481 e. The molecular weight excluding hydrogens is 310 g/mol. The van der Waals surface area contributed by atoms with E-state index < -0.39 is 11.9 Å². The minimum absolute atomic E-state index is 0.308. The van der Waals surface area contributed by atoms with Gasteiger partial charge in [0.05, 0.1) is 12.1 Å². The molecule has 24 heavy (non-hydrogen) atoms. The van der Waals surface area contributed by atoms with Gasteiger partial charge in [-0.25, -0.2) is 4.98 Å². The molecule has 0 unspecified atom stereocenters. The summed E-state index contributed by atoms with van der Waals surface area (Å²) >= 11 is 0. The molecule has 1 aromatic heterocycles. The van der Waals surface area contributed by atoms with Crippen molar-refractivity contribution in [1.29, 1.82) is 0 Å². The first kappa shape index (κ1) is 15.9. The maximum absolute atomic E-state index is 12.4. The van der Waals surface area contributed by atoms with Crippen molar-refractivity contribution < 1.29 is 19.4 Å². The fraction of sp³-hybridized carbons (Fsp3) is 0.294. The van der Waals surface area contributed by atoms with Gasteiger partial charge in [-0.2, -0.15) is 0 Å². The molecule has 1 aromatic carbocycles. The van der Waals surface area contributed by atoms with E-state index >= 15 is 0 Å². The van der Waals surface area contributed by atoms with Crippen LogP contribution in [0.4, 0.5) is 0 Å². The van der Waals surface area contributed by atoms with Crippen molar-refractivity contribution in [2.45, 2.75) is 25.3 Å². The summed E-state index contributed by atoms with van der Waals surface area (Å²) in [7, 11) is 0. The second-order valence-corrected chi connectivity index (χ2v) is 5.63. The summed E-state index contributed by atoms with van der Waals surface area (Å²) in [6.07, 6.45) is 6.60. The van der Waals surface area contributed by atoms with Crippen LogP contribution in [0, 0.1) is 5.92 Å². The molecule has 2 aromatic rings. The van der Waals surface area contributed by atoms with Gasteiger partial charge in [0.1, 0.15) is 5.75 Å². The van der Waals surface area contributed by atoms with Crippen LogP contribution in [0.25, 0.3) is 0 Å². The van der Waals surface area contributed by atoms with Gasteiger partial charge >= 0.3 is 5.97 Å². The Morgan fingerprint density at radius 1 is 1.25 bits per heavy atom. The summed E-state index contributed by atoms with van der Waals surface area (Å²) in [6.45, 7) is 0. The van der Waals surface area contributed by atoms with Crippen LogP contribution < -0.4 is 10.1 Å². The molecule has 1 saturated carbocycles. The molecule has 124 valence electrons. The van der Waals surface area contributed by atoms with E-state index in [1.807, 2.05) is 0 Å². The number of nitrogens with zero attached hydrogens (tertiary/aromatic N) is 2. The number of ether oxygens (including phenoxy) is 1. The molecule has 1 aliphatic rings. The summed E-state index contributed by atoms with van der Waals surface area (Å²) < 4.78 is 5.55. The molecule has 7 heteroatoms. The number of carboxylic acids is 1. The highest BCUT2D eigenvalue weighted by Crippen LogP contribution is 2.26. The Balaban J connectivity index is 1.69. The van der Waals surface area contributed by atoms with Crippen molar-refractivity contribution in [3.8, 4) is 11.6 Å². The van der Waals surface area contributed by atoms with E-state index in [0.29, 0.717) is 30.0 Å². The van der Waals surface area contributed by atoms with Crippen molar-refractivity contribution in [3.63, 3.8) is 0 Å². The predicted octanol–water partition coefficient (Wildman–Crippen LogP) is 2.25. The number of aromatic nitrogens is 2. The highest BCUT2D eigenvalue weighted by molar-refractivity contribution is 5.95. The average Bonchev–Trinajstić information content (AvgIpc) is 3.04. The van der Waals surface area contributed by atoms with Gasteiger partial charge in [0.25, 0.3) is 5.91 Å². The van der Waals surface area contributed by atoms with Gasteiger partial charge < -0.3 is 15.2 Å². The van der Waals surface area contributed by atoms with Crippen LogP contribution in [0.5, 0.6) is 11.6 Å². The quantitative estimate of drug-likeness (QED) is 0.873. The van der Waals surface area contributed by atoms with Crippen molar-refractivity contribution in [2.24, 2.45) is 5.92 Å². The van der Waals surface area contributed by atoms with E-state index in [1.54, 1.807) is 24.3 Å². The first-order chi connectivity index (χ1) is 11.6. The third-order valence-corrected chi connectivity index (χ3v) is 4.01. The van der Waals surface area contributed by atoms with Crippen molar-refractivity contribution in [2.75, 3.05) is 0 Å². The zero-order chi connectivity index (χ0) is 16.9. The van der Waals surface area contributed by atoms with Crippen LogP contribution in [0.2, 0.25) is 0 Å². The molecule has 2 N–H and O–H groups in total. The molecule has 1 heterocycles. The number of hydrogen-bond acceptors (Lipinski definition) is 5. The normalized spacial score (nSPS) is 19.7. The highest BCUT2D eigenvalue weighted by Gasteiger charge is 2.34. The molecule has 1 fully saturated rings. The number of amides is 1. The summed E-state index contributed by atoms with van der Waals surface area (Å²) in [5.41, 5.74) is 0.410. The lowest BCUT2D eigenvalue weighted by atomic mass is 10.0. The molecule has 3 rings (SSSR count). The van der Waals surface area contributed by atoms with E-state index in [9.17, 15) is 14.7 Å². The monoisotopic (exact) mass is 327 g/mol. The molecule has 0 aliphatic heterocycles. The van der Waals surface area contributed by atoms with Gasteiger partial charge in [0.2, 0.25) is 5.88 Å². The van der Waals surface area contributed by atoms with Gasteiger partial charge in [-0.3, -0.25) is 14.6 Å². The fourth-order valence-electron chi connectivity index (χ4n) is 2.84. The Labute approximate surface area is 138 Å². The van der Waals surface area contributed by atoms with E-state index in [-0.39, 0.29) is 11.9 Å². The molecule has 0 radical (unpaired) electrons. The summed E-state index contributed by atoms with van der Waals surface area (Å²) in [6, 6.07) is 6.32. The van der Waals surface area contributed by atoms with Gasteiger partial charge in [-0.05, 0) is 31.0 Å². The maximum Gasteiger partial charge on any atom is 0.308 e. The third kappa shape index (κ3) is 3.68. The second-order valence-electron chi connectivity index (χ2n) is 5.63. The lowest BCUT2D eigenvalue weighted by Gasteiger charge is -2.17. The van der Waals surface area contributed by atoms with E-state index in [2.05, 4.69) is 15.3 Å². The molecule has 7 nitrogen and oxygen atoms in total. The number of carbonyl (C=O) groups is 2. The summed E-state index contributed by atoms with van der Waals surface area (Å²) in [5.74, 6) is -0.899. The number of rotatable bonds is 5. The average molecular weight is 327 g/mol. The van der Waals surface area contributed by atoms with Gasteiger partial charge in [0.15, 0.2) is 0 Å². The van der Waals surface area contributed by atoms with Crippen molar-refractivity contribution >= 4 is 11.9 Å². The molecule has 1 amide bonds. The molecule has 0 bridgehead atoms. The number of hydrogen-bond donors (Lipinski definition) is 2. The SMILES string of the molecule is O=C(N[C@H]1CCC[C@H]1C(=O)O)c1cccc(Oc2cnccn2)c1. The maximum atomic E-state index is 12.4. The highest BCUT2D eigenvalue weighted by atomic mass is 16.5. The Hall–Kier alpha value is -2.96. The molecule has 2 atom stereocenters. The van der Waals surface area contributed by atoms with Crippen LogP contribution in [0.15, 0.2) is 42.9 Å². The van der Waals surface area contributed by atoms with Crippen LogP contribution in [-0.4, -0.2) is 33.0 Å². The lowest BCUT2D eigenvalue weighted by molar-refractivity contribution is -0.142. The number of carbonyl (C=O) groups excluding carboxylic acids is 1. The molecule has 0 spiro atoms. The van der Waals surface area contributed by atoms with E-state index in [4.69, 9.17) is 4.74 Å². The van der Waals surface area contributed by atoms with E-state index in [1.165, 1.54) is 18.6 Å². The van der Waals surface area contributed by atoms with Gasteiger partial charge in [0, 0.05) is 24.0 Å². The van der Waals surface area contributed by atoms with Crippen LogP contribution in [-0.2, 0) is 4.79 Å². The van der Waals surface area contributed by atoms with Crippen molar-refractivity contribution in [3.05, 3.63) is 48.4 Å². The Morgan fingerprint density at radius 2 is 2.12 bits per heavy atom. The zero-order valence-electron chi connectivity index (χ0n) is 12.9. The van der Waals surface area contributed by atoms with Crippen LogP contribution >= 0.6 is 0 Å². The Bertz CT molecular complexity index is 736. The van der Waals surface area contributed by atoms with Crippen LogP contribution in [0.3, 0.4) is 0 Å². The fourth-order valence-corrected chi connectivity index (χ4v) is 2.84. The van der Waals surface area contributed by atoms with Crippen molar-refractivity contribution in [1.82, 2.24) is 15.3 Å². The first-order valence-electron chi connectivity index (χ1n) is 7.71. The standard InChI is InChI=1S/C17H17N3O4/c21-16(20-14-6-2-5-13(14)17(22)23)11-3-1-4-12(9-11)24-15-10-18-7-8-19-15/h1,3-4,7-10,13-14H,2,5-6H2,(H,20,21)(H,22,23)/t13-,14+/m1/s1. The van der Waals surface area contributed by atoms with E-state index in [0.717, 1.165) is 6.42 Å². The Kier molecular flexibility index (Phi) is 4.69.